The summed E-state index contributed by atoms with van der Waals surface area (Å²) in [6, 6.07) is 7.54. The summed E-state index contributed by atoms with van der Waals surface area (Å²) in [5.41, 5.74) is 0.817. The van der Waals surface area contributed by atoms with Gasteiger partial charge in [0, 0.05) is 37.7 Å². The fraction of sp³-hybridized carbons (Fsp3) is 0.467. The van der Waals surface area contributed by atoms with E-state index in [1.54, 1.807) is 12.0 Å². The van der Waals surface area contributed by atoms with Crippen LogP contribution in [0.1, 0.15) is 12.8 Å². The average Bonchev–Trinajstić information content (AvgIpc) is 2.86. The molecule has 1 saturated heterocycles. The Kier molecular flexibility index (Phi) is 5.76. The average molecular weight is 355 g/mol. The summed E-state index contributed by atoms with van der Waals surface area (Å²) in [6.45, 7) is 1.62. The molecular formula is C15H19BrN2O3. The number of rotatable bonds is 6. The van der Waals surface area contributed by atoms with Gasteiger partial charge in [0.25, 0.3) is 0 Å². The largest absolute Gasteiger partial charge is 0.385 e. The van der Waals surface area contributed by atoms with Crippen molar-refractivity contribution in [1.29, 1.82) is 0 Å². The fourth-order valence-corrected chi connectivity index (χ4v) is 2.86. The summed E-state index contributed by atoms with van der Waals surface area (Å²) in [6.07, 6.45) is 1.04. The fourth-order valence-electron chi connectivity index (χ4n) is 2.36. The Morgan fingerprint density at radius 2 is 2.24 bits per heavy atom. The molecule has 1 aliphatic rings. The van der Waals surface area contributed by atoms with E-state index in [1.165, 1.54) is 0 Å². The van der Waals surface area contributed by atoms with Gasteiger partial charge in [0.05, 0.1) is 11.6 Å². The molecule has 0 aliphatic carbocycles. The van der Waals surface area contributed by atoms with E-state index in [0.29, 0.717) is 19.7 Å². The number of carbonyl (C=O) groups is 2. The van der Waals surface area contributed by atoms with Gasteiger partial charge in [-0.1, -0.05) is 12.1 Å². The normalized spacial score (nSPS) is 18.1. The van der Waals surface area contributed by atoms with Gasteiger partial charge in [0.15, 0.2) is 0 Å². The van der Waals surface area contributed by atoms with Gasteiger partial charge >= 0.3 is 0 Å². The van der Waals surface area contributed by atoms with Crippen LogP contribution in [-0.4, -0.2) is 38.6 Å². The van der Waals surface area contributed by atoms with Crippen LogP contribution in [-0.2, 0) is 14.3 Å². The number of nitrogens with zero attached hydrogens (tertiary/aromatic N) is 1. The molecule has 1 unspecified atom stereocenters. The number of amides is 2. The Morgan fingerprint density at radius 1 is 1.48 bits per heavy atom. The van der Waals surface area contributed by atoms with E-state index >= 15 is 0 Å². The van der Waals surface area contributed by atoms with E-state index in [2.05, 4.69) is 21.2 Å². The van der Waals surface area contributed by atoms with Crippen LogP contribution in [0.15, 0.2) is 28.7 Å². The number of para-hydroxylation sites is 1. The van der Waals surface area contributed by atoms with Crippen LogP contribution in [0.4, 0.5) is 5.69 Å². The molecule has 0 aromatic heterocycles. The van der Waals surface area contributed by atoms with Crippen molar-refractivity contribution in [3.63, 3.8) is 0 Å². The van der Waals surface area contributed by atoms with Crippen LogP contribution in [0.25, 0.3) is 0 Å². The molecule has 1 aromatic rings. The zero-order valence-electron chi connectivity index (χ0n) is 12.0. The van der Waals surface area contributed by atoms with E-state index in [1.807, 2.05) is 24.3 Å². The van der Waals surface area contributed by atoms with Crippen molar-refractivity contribution < 1.29 is 14.3 Å². The van der Waals surface area contributed by atoms with Gasteiger partial charge in [-0.25, -0.2) is 0 Å². The Bertz CT molecular complexity index is 521. The van der Waals surface area contributed by atoms with Crippen LogP contribution in [0, 0.1) is 5.92 Å². The standard InChI is InChI=1S/C15H19BrN2O3/c1-21-8-4-7-17-15(20)11-9-14(19)18(10-11)13-6-3-2-5-12(13)16/h2-3,5-6,11H,4,7-10H2,1H3,(H,17,20). The Labute approximate surface area is 132 Å². The highest BCUT2D eigenvalue weighted by atomic mass is 79.9. The van der Waals surface area contributed by atoms with Crippen molar-refractivity contribution in [3.05, 3.63) is 28.7 Å². The zero-order valence-corrected chi connectivity index (χ0v) is 13.6. The number of hydrogen-bond donors (Lipinski definition) is 1. The molecule has 1 fully saturated rings. The molecule has 1 aromatic carbocycles. The van der Waals surface area contributed by atoms with Crippen LogP contribution in [0.2, 0.25) is 0 Å². The lowest BCUT2D eigenvalue weighted by Gasteiger charge is -2.18. The highest BCUT2D eigenvalue weighted by molar-refractivity contribution is 9.10. The maximum Gasteiger partial charge on any atom is 0.227 e. The van der Waals surface area contributed by atoms with Gasteiger partial charge in [0.1, 0.15) is 0 Å². The van der Waals surface area contributed by atoms with Gasteiger partial charge in [0.2, 0.25) is 11.8 Å². The Balaban J connectivity index is 1.93. The first-order valence-corrected chi connectivity index (χ1v) is 7.74. The van der Waals surface area contributed by atoms with Crippen molar-refractivity contribution in [2.75, 3.05) is 31.7 Å². The lowest BCUT2D eigenvalue weighted by atomic mass is 10.1. The van der Waals surface area contributed by atoms with Gasteiger partial charge in [-0.05, 0) is 34.5 Å². The van der Waals surface area contributed by atoms with Crippen molar-refractivity contribution in [2.45, 2.75) is 12.8 Å². The third-order valence-corrected chi connectivity index (χ3v) is 4.13. The predicted molar refractivity (Wildman–Crippen MR) is 84.1 cm³/mol. The molecule has 1 atom stereocenters. The molecule has 114 valence electrons. The molecule has 1 N–H and O–H groups in total. The van der Waals surface area contributed by atoms with Crippen molar-refractivity contribution in [1.82, 2.24) is 5.32 Å². The number of nitrogens with one attached hydrogen (secondary N) is 1. The Morgan fingerprint density at radius 3 is 2.95 bits per heavy atom. The molecule has 1 heterocycles. The van der Waals surface area contributed by atoms with Gasteiger partial charge < -0.3 is 15.0 Å². The summed E-state index contributed by atoms with van der Waals surface area (Å²) in [7, 11) is 1.63. The first-order chi connectivity index (χ1) is 10.1. The summed E-state index contributed by atoms with van der Waals surface area (Å²) >= 11 is 3.44. The maximum atomic E-state index is 12.1. The molecule has 6 heteroatoms. The number of ether oxygens (including phenoxy) is 1. The smallest absolute Gasteiger partial charge is 0.227 e. The monoisotopic (exact) mass is 354 g/mol. The zero-order chi connectivity index (χ0) is 15.2. The maximum absolute atomic E-state index is 12.1. The molecule has 0 saturated carbocycles. The second-order valence-corrected chi connectivity index (χ2v) is 5.85. The second kappa shape index (κ2) is 7.56. The van der Waals surface area contributed by atoms with Gasteiger partial charge in [-0.15, -0.1) is 0 Å². The van der Waals surface area contributed by atoms with E-state index in [4.69, 9.17) is 4.74 Å². The summed E-state index contributed by atoms with van der Waals surface area (Å²) in [5, 5.41) is 2.86. The summed E-state index contributed by atoms with van der Waals surface area (Å²) in [5.74, 6) is -0.361. The van der Waals surface area contributed by atoms with Crippen molar-refractivity contribution in [3.8, 4) is 0 Å². The first kappa shape index (κ1) is 16.0. The minimum absolute atomic E-state index is 0.0149. The van der Waals surface area contributed by atoms with Gasteiger partial charge in [-0.2, -0.15) is 0 Å². The Hall–Kier alpha value is -1.40. The molecule has 0 spiro atoms. The van der Waals surface area contributed by atoms with E-state index in [-0.39, 0.29) is 24.2 Å². The highest BCUT2D eigenvalue weighted by Gasteiger charge is 2.35. The molecule has 1 aliphatic heterocycles. The van der Waals surface area contributed by atoms with E-state index in [9.17, 15) is 9.59 Å². The third-order valence-electron chi connectivity index (χ3n) is 3.46. The second-order valence-electron chi connectivity index (χ2n) is 4.99. The van der Waals surface area contributed by atoms with Crippen LogP contribution >= 0.6 is 15.9 Å². The van der Waals surface area contributed by atoms with Gasteiger partial charge in [-0.3, -0.25) is 9.59 Å². The number of carbonyl (C=O) groups excluding carboxylic acids is 2. The van der Waals surface area contributed by atoms with Crippen molar-refractivity contribution in [2.24, 2.45) is 5.92 Å². The molecule has 5 nitrogen and oxygen atoms in total. The molecule has 0 bridgehead atoms. The summed E-state index contributed by atoms with van der Waals surface area (Å²) in [4.78, 5) is 25.9. The molecule has 2 rings (SSSR count). The molecule has 0 radical (unpaired) electrons. The highest BCUT2D eigenvalue weighted by Crippen LogP contribution is 2.31. The lowest BCUT2D eigenvalue weighted by Crippen LogP contribution is -2.33. The molecule has 21 heavy (non-hydrogen) atoms. The minimum Gasteiger partial charge on any atom is -0.385 e. The van der Waals surface area contributed by atoms with E-state index < -0.39 is 0 Å². The van der Waals surface area contributed by atoms with Crippen molar-refractivity contribution >= 4 is 33.4 Å². The molecule has 2 amide bonds. The van der Waals surface area contributed by atoms with Crippen LogP contribution in [0.3, 0.4) is 0 Å². The van der Waals surface area contributed by atoms with Crippen LogP contribution < -0.4 is 10.2 Å². The minimum atomic E-state index is -0.285. The number of methoxy groups -OCH3 is 1. The molecular weight excluding hydrogens is 336 g/mol. The quantitative estimate of drug-likeness (QED) is 0.794. The number of halogens is 1. The third kappa shape index (κ3) is 4.04. The summed E-state index contributed by atoms with van der Waals surface area (Å²) < 4.78 is 5.80. The topological polar surface area (TPSA) is 58.6 Å². The first-order valence-electron chi connectivity index (χ1n) is 6.95. The SMILES string of the molecule is COCCCNC(=O)C1CC(=O)N(c2ccccc2Br)C1. The predicted octanol–water partition coefficient (Wildman–Crippen LogP) is 1.95. The lowest BCUT2D eigenvalue weighted by molar-refractivity contribution is -0.126. The van der Waals surface area contributed by atoms with E-state index in [0.717, 1.165) is 16.6 Å². The number of hydrogen-bond acceptors (Lipinski definition) is 3. The number of anilines is 1. The number of benzene rings is 1. The van der Waals surface area contributed by atoms with Crippen LogP contribution in [0.5, 0.6) is 0 Å².